The summed E-state index contributed by atoms with van der Waals surface area (Å²) in [6, 6.07) is 8.69. The Bertz CT molecular complexity index is 876. The zero-order chi connectivity index (χ0) is 20.9. The summed E-state index contributed by atoms with van der Waals surface area (Å²) in [4.78, 5) is 22.1. The van der Waals surface area contributed by atoms with Gasteiger partial charge in [0.2, 0.25) is 0 Å². The highest BCUT2D eigenvalue weighted by molar-refractivity contribution is 5.76. The Morgan fingerprint density at radius 3 is 2.39 bits per heavy atom. The van der Waals surface area contributed by atoms with Crippen LogP contribution in [0.3, 0.4) is 0 Å². The first-order valence-corrected chi connectivity index (χ1v) is 8.80. The van der Waals surface area contributed by atoms with Crippen LogP contribution in [-0.2, 0) is 28.7 Å². The van der Waals surface area contributed by atoms with E-state index in [2.05, 4.69) is 5.32 Å². The molecular weight excluding hydrogens is 371 g/mol. The first-order valence-electron chi connectivity index (χ1n) is 8.80. The van der Waals surface area contributed by atoms with E-state index in [-0.39, 0.29) is 18.7 Å². The second-order valence-corrected chi connectivity index (χ2v) is 6.72. The number of carbonyl (C=O) groups is 2. The van der Waals surface area contributed by atoms with Crippen molar-refractivity contribution in [1.82, 2.24) is 5.32 Å². The zero-order valence-corrected chi connectivity index (χ0v) is 15.7. The van der Waals surface area contributed by atoms with Gasteiger partial charge in [-0.3, -0.25) is 9.59 Å². The van der Waals surface area contributed by atoms with Crippen molar-refractivity contribution >= 4 is 11.8 Å². The molecule has 0 amide bonds. The Kier molecular flexibility index (Phi) is 6.96. The van der Waals surface area contributed by atoms with E-state index in [4.69, 9.17) is 5.11 Å². The van der Waals surface area contributed by atoms with Crippen LogP contribution >= 0.6 is 0 Å². The van der Waals surface area contributed by atoms with E-state index >= 15 is 0 Å². The molecule has 0 heterocycles. The largest absolute Gasteiger partial charge is 0.481 e. The summed E-state index contributed by atoms with van der Waals surface area (Å²) in [5.41, 5.74) is 2.39. The van der Waals surface area contributed by atoms with Gasteiger partial charge in [-0.05, 0) is 53.8 Å². The van der Waals surface area contributed by atoms with E-state index in [1.54, 1.807) is 18.2 Å². The second kappa shape index (κ2) is 9.01. The standard InChI is InChI=1S/C21H22F3NO3/c1-13-3-4-15(10-20(27)28)9-19(13)18-6-5-17(21(22,23)24)11-16(18)12-25-8-7-14(2)26/h3-6,9,11,25H,7-8,10,12H2,1-2H3,(H,27,28). The Hall–Kier alpha value is -2.67. The van der Waals surface area contributed by atoms with E-state index in [1.165, 1.54) is 13.0 Å². The molecule has 0 radical (unpaired) electrons. The molecule has 0 spiro atoms. The third-order valence-corrected chi connectivity index (χ3v) is 4.35. The average molecular weight is 393 g/mol. The van der Waals surface area contributed by atoms with Crippen LogP contribution in [-0.4, -0.2) is 23.4 Å². The van der Waals surface area contributed by atoms with Crippen molar-refractivity contribution in [3.63, 3.8) is 0 Å². The number of halogens is 3. The first-order chi connectivity index (χ1) is 13.1. The summed E-state index contributed by atoms with van der Waals surface area (Å²) in [6.45, 7) is 3.80. The van der Waals surface area contributed by atoms with Crippen LogP contribution in [0.5, 0.6) is 0 Å². The van der Waals surface area contributed by atoms with Crippen LogP contribution < -0.4 is 5.32 Å². The predicted molar refractivity (Wildman–Crippen MR) is 100.0 cm³/mol. The number of benzene rings is 2. The number of aliphatic carboxylic acids is 1. The number of carbonyl (C=O) groups excluding carboxylic acids is 1. The minimum Gasteiger partial charge on any atom is -0.481 e. The van der Waals surface area contributed by atoms with Gasteiger partial charge in [-0.2, -0.15) is 13.2 Å². The van der Waals surface area contributed by atoms with Crippen molar-refractivity contribution in [3.05, 3.63) is 58.7 Å². The van der Waals surface area contributed by atoms with Gasteiger partial charge in [0, 0.05) is 19.5 Å². The van der Waals surface area contributed by atoms with Gasteiger partial charge in [0.15, 0.2) is 0 Å². The monoisotopic (exact) mass is 393 g/mol. The predicted octanol–water partition coefficient (Wildman–Crippen LogP) is 4.38. The number of hydrogen-bond donors (Lipinski definition) is 2. The normalized spacial score (nSPS) is 11.5. The topological polar surface area (TPSA) is 66.4 Å². The molecule has 0 bridgehead atoms. The third-order valence-electron chi connectivity index (χ3n) is 4.35. The smallest absolute Gasteiger partial charge is 0.416 e. The Morgan fingerprint density at radius 2 is 1.79 bits per heavy atom. The van der Waals surface area contributed by atoms with Crippen LogP contribution in [0.15, 0.2) is 36.4 Å². The van der Waals surface area contributed by atoms with Crippen LogP contribution in [0, 0.1) is 6.92 Å². The Balaban J connectivity index is 2.44. The van der Waals surface area contributed by atoms with Gasteiger partial charge in [-0.1, -0.05) is 24.3 Å². The summed E-state index contributed by atoms with van der Waals surface area (Å²) < 4.78 is 39.5. The summed E-state index contributed by atoms with van der Waals surface area (Å²) in [5, 5.41) is 12.0. The molecular formula is C21H22F3NO3. The summed E-state index contributed by atoms with van der Waals surface area (Å²) in [6.07, 6.45) is -4.34. The number of rotatable bonds is 8. The minimum absolute atomic E-state index is 0.00557. The van der Waals surface area contributed by atoms with Crippen LogP contribution in [0.1, 0.15) is 35.6 Å². The Morgan fingerprint density at radius 1 is 1.07 bits per heavy atom. The molecule has 7 heteroatoms. The van der Waals surface area contributed by atoms with Gasteiger partial charge in [-0.25, -0.2) is 0 Å². The third kappa shape index (κ3) is 5.92. The molecule has 0 aliphatic rings. The molecule has 2 N–H and O–H groups in total. The second-order valence-electron chi connectivity index (χ2n) is 6.72. The number of alkyl halides is 3. The van der Waals surface area contributed by atoms with Gasteiger partial charge in [0.1, 0.15) is 5.78 Å². The van der Waals surface area contributed by atoms with Crippen molar-refractivity contribution in [2.24, 2.45) is 0 Å². The summed E-state index contributed by atoms with van der Waals surface area (Å²) >= 11 is 0. The van der Waals surface area contributed by atoms with Crippen LogP contribution in [0.2, 0.25) is 0 Å². The molecule has 4 nitrogen and oxygen atoms in total. The SMILES string of the molecule is CC(=O)CCNCc1cc(C(F)(F)F)ccc1-c1cc(CC(=O)O)ccc1C. The highest BCUT2D eigenvalue weighted by Gasteiger charge is 2.31. The lowest BCUT2D eigenvalue weighted by atomic mass is 9.92. The van der Waals surface area contributed by atoms with Gasteiger partial charge < -0.3 is 10.4 Å². The van der Waals surface area contributed by atoms with Crippen molar-refractivity contribution in [3.8, 4) is 11.1 Å². The first kappa shape index (κ1) is 21.6. The van der Waals surface area contributed by atoms with E-state index < -0.39 is 17.7 Å². The number of Topliss-reactive ketones (excluding diaryl/α,β-unsaturated/α-hetero) is 1. The van der Waals surface area contributed by atoms with Gasteiger partial charge >= 0.3 is 12.1 Å². The fourth-order valence-electron chi connectivity index (χ4n) is 2.91. The van der Waals surface area contributed by atoms with E-state index in [1.807, 2.05) is 6.92 Å². The maximum Gasteiger partial charge on any atom is 0.416 e. The van der Waals surface area contributed by atoms with E-state index in [0.717, 1.165) is 17.7 Å². The molecule has 0 aliphatic carbocycles. The molecule has 150 valence electrons. The van der Waals surface area contributed by atoms with E-state index in [0.29, 0.717) is 35.2 Å². The van der Waals surface area contributed by atoms with Gasteiger partial charge in [-0.15, -0.1) is 0 Å². The molecule has 0 saturated heterocycles. The number of nitrogens with one attached hydrogen (secondary N) is 1. The maximum atomic E-state index is 13.2. The van der Waals surface area contributed by atoms with Gasteiger partial charge in [0.05, 0.1) is 12.0 Å². The van der Waals surface area contributed by atoms with Crippen molar-refractivity contribution in [2.75, 3.05) is 6.54 Å². The number of carboxylic acid groups (broad SMARTS) is 1. The lowest BCUT2D eigenvalue weighted by Gasteiger charge is -2.17. The molecule has 2 aromatic rings. The van der Waals surface area contributed by atoms with Crippen molar-refractivity contribution < 1.29 is 27.9 Å². The molecule has 0 fully saturated rings. The van der Waals surface area contributed by atoms with Crippen LogP contribution in [0.25, 0.3) is 11.1 Å². The highest BCUT2D eigenvalue weighted by atomic mass is 19.4. The zero-order valence-electron chi connectivity index (χ0n) is 15.7. The molecule has 0 unspecified atom stereocenters. The quantitative estimate of drug-likeness (QED) is 0.654. The maximum absolute atomic E-state index is 13.2. The Labute approximate surface area is 161 Å². The lowest BCUT2D eigenvalue weighted by molar-refractivity contribution is -0.138. The fourth-order valence-corrected chi connectivity index (χ4v) is 2.91. The number of hydrogen-bond acceptors (Lipinski definition) is 3. The van der Waals surface area contributed by atoms with Gasteiger partial charge in [0.25, 0.3) is 0 Å². The van der Waals surface area contributed by atoms with Crippen molar-refractivity contribution in [1.29, 1.82) is 0 Å². The molecule has 0 aromatic heterocycles. The molecule has 0 saturated carbocycles. The average Bonchev–Trinajstić information content (AvgIpc) is 2.59. The number of aryl methyl sites for hydroxylation is 1. The lowest BCUT2D eigenvalue weighted by Crippen LogP contribution is -2.18. The molecule has 2 aromatic carbocycles. The van der Waals surface area contributed by atoms with E-state index in [9.17, 15) is 22.8 Å². The fraction of sp³-hybridized carbons (Fsp3) is 0.333. The minimum atomic E-state index is -4.47. The molecule has 0 aliphatic heterocycles. The number of ketones is 1. The molecule has 28 heavy (non-hydrogen) atoms. The molecule has 2 rings (SSSR count). The van der Waals surface area contributed by atoms with Crippen molar-refractivity contribution in [2.45, 2.75) is 39.4 Å². The summed E-state index contributed by atoms with van der Waals surface area (Å²) in [7, 11) is 0. The number of carboxylic acids is 1. The summed E-state index contributed by atoms with van der Waals surface area (Å²) in [5.74, 6) is -0.984. The highest BCUT2D eigenvalue weighted by Crippen LogP contribution is 2.35. The molecule has 0 atom stereocenters. The van der Waals surface area contributed by atoms with Crippen LogP contribution in [0.4, 0.5) is 13.2 Å².